The van der Waals surface area contributed by atoms with E-state index in [0.29, 0.717) is 0 Å². The van der Waals surface area contributed by atoms with Gasteiger partial charge < -0.3 is 15.0 Å². The van der Waals surface area contributed by atoms with Crippen LogP contribution in [-0.4, -0.2) is 25.2 Å². The molecule has 1 aliphatic carbocycles. The average Bonchev–Trinajstić information content (AvgIpc) is 3.37. The summed E-state index contributed by atoms with van der Waals surface area (Å²) in [4.78, 5) is 6.62. The number of ether oxygens (including phenoxy) is 1. The molecule has 4 heteroatoms. The summed E-state index contributed by atoms with van der Waals surface area (Å²) < 4.78 is 5.18. The van der Waals surface area contributed by atoms with Gasteiger partial charge in [0.05, 0.1) is 7.11 Å². The van der Waals surface area contributed by atoms with Gasteiger partial charge in [-0.2, -0.15) is 0 Å². The molecule has 0 unspecified atom stereocenters. The zero-order valence-corrected chi connectivity index (χ0v) is 12.5. The number of nitrogens with zero attached hydrogens (tertiary/aromatic N) is 2. The quantitative estimate of drug-likeness (QED) is 0.884. The molecule has 1 fully saturated rings. The van der Waals surface area contributed by atoms with Crippen molar-refractivity contribution in [3.63, 3.8) is 0 Å². The predicted octanol–water partition coefficient (Wildman–Crippen LogP) is 3.11. The summed E-state index contributed by atoms with van der Waals surface area (Å²) in [6, 6.07) is 12.9. The minimum atomic E-state index is 0.728. The van der Waals surface area contributed by atoms with E-state index in [-0.39, 0.29) is 0 Å². The van der Waals surface area contributed by atoms with E-state index < -0.39 is 0 Å². The Kier molecular flexibility index (Phi) is 4.06. The third kappa shape index (κ3) is 3.52. The van der Waals surface area contributed by atoms with Gasteiger partial charge in [0.25, 0.3) is 0 Å². The minimum Gasteiger partial charge on any atom is -0.497 e. The van der Waals surface area contributed by atoms with Gasteiger partial charge in [-0.3, -0.25) is 0 Å². The molecule has 1 saturated carbocycles. The number of hydrogen-bond donors (Lipinski definition) is 1. The minimum absolute atomic E-state index is 0.728. The van der Waals surface area contributed by atoms with Crippen LogP contribution >= 0.6 is 0 Å². The fraction of sp³-hybridized carbons (Fsp3) is 0.353. The Morgan fingerprint density at radius 2 is 1.95 bits per heavy atom. The van der Waals surface area contributed by atoms with Gasteiger partial charge >= 0.3 is 0 Å². The van der Waals surface area contributed by atoms with Crippen LogP contribution in [-0.2, 0) is 6.54 Å². The van der Waals surface area contributed by atoms with Crippen molar-refractivity contribution in [1.29, 1.82) is 0 Å². The lowest BCUT2D eigenvalue weighted by molar-refractivity contribution is 0.415. The number of methoxy groups -OCH3 is 1. The van der Waals surface area contributed by atoms with Gasteiger partial charge in [-0.1, -0.05) is 6.07 Å². The number of anilines is 2. The molecule has 1 aromatic carbocycles. The highest BCUT2D eigenvalue weighted by atomic mass is 16.5. The molecule has 2 aromatic rings. The van der Waals surface area contributed by atoms with Gasteiger partial charge in [-0.15, -0.1) is 0 Å². The number of aromatic nitrogens is 1. The Morgan fingerprint density at radius 3 is 2.52 bits per heavy atom. The van der Waals surface area contributed by atoms with Gasteiger partial charge in [-0.05, 0) is 48.7 Å². The number of hydrogen-bond acceptors (Lipinski definition) is 4. The van der Waals surface area contributed by atoms with Crippen LogP contribution < -0.4 is 15.0 Å². The van der Waals surface area contributed by atoms with Crippen LogP contribution in [0.15, 0.2) is 42.6 Å². The third-order valence-electron chi connectivity index (χ3n) is 3.78. The second kappa shape index (κ2) is 6.14. The molecule has 0 atom stereocenters. The third-order valence-corrected chi connectivity index (χ3v) is 3.78. The van der Waals surface area contributed by atoms with Crippen molar-refractivity contribution < 1.29 is 4.74 Å². The highest BCUT2D eigenvalue weighted by molar-refractivity contribution is 5.59. The first-order chi connectivity index (χ1) is 10.3. The summed E-state index contributed by atoms with van der Waals surface area (Å²) in [5.74, 6) is 1.80. The topological polar surface area (TPSA) is 37.4 Å². The van der Waals surface area contributed by atoms with Gasteiger partial charge in [-0.25, -0.2) is 4.98 Å². The van der Waals surface area contributed by atoms with Crippen LogP contribution in [0.3, 0.4) is 0 Å². The molecule has 1 N–H and O–H groups in total. The molecular weight excluding hydrogens is 262 g/mol. The largest absolute Gasteiger partial charge is 0.497 e. The van der Waals surface area contributed by atoms with Gasteiger partial charge in [0.15, 0.2) is 0 Å². The average molecular weight is 283 g/mol. The first-order valence-electron chi connectivity index (χ1n) is 7.32. The lowest BCUT2D eigenvalue weighted by Gasteiger charge is -2.18. The fourth-order valence-corrected chi connectivity index (χ4v) is 2.21. The second-order valence-electron chi connectivity index (χ2n) is 5.44. The van der Waals surface area contributed by atoms with Crippen LogP contribution in [0, 0.1) is 0 Å². The Bertz CT molecular complexity index is 576. The molecule has 1 aromatic heterocycles. The summed E-state index contributed by atoms with van der Waals surface area (Å²) in [5, 5.41) is 3.50. The molecule has 4 nitrogen and oxygen atoms in total. The van der Waals surface area contributed by atoms with Crippen LogP contribution in [0.2, 0.25) is 0 Å². The first kappa shape index (κ1) is 13.9. The molecule has 110 valence electrons. The zero-order valence-electron chi connectivity index (χ0n) is 12.5. The molecule has 1 aliphatic rings. The van der Waals surface area contributed by atoms with E-state index in [9.17, 15) is 0 Å². The van der Waals surface area contributed by atoms with Gasteiger partial charge in [0, 0.05) is 31.5 Å². The van der Waals surface area contributed by atoms with E-state index in [2.05, 4.69) is 27.3 Å². The maximum absolute atomic E-state index is 5.18. The normalized spacial score (nSPS) is 14.0. The lowest BCUT2D eigenvalue weighted by Crippen LogP contribution is -2.16. The van der Waals surface area contributed by atoms with E-state index in [4.69, 9.17) is 4.74 Å². The van der Waals surface area contributed by atoms with Crippen LogP contribution in [0.1, 0.15) is 18.4 Å². The fourth-order valence-electron chi connectivity index (χ4n) is 2.21. The van der Waals surface area contributed by atoms with Crippen molar-refractivity contribution in [3.8, 4) is 5.75 Å². The highest BCUT2D eigenvalue weighted by Gasteiger charge is 2.19. The van der Waals surface area contributed by atoms with E-state index >= 15 is 0 Å². The second-order valence-corrected chi connectivity index (χ2v) is 5.44. The van der Waals surface area contributed by atoms with E-state index in [0.717, 1.165) is 29.8 Å². The van der Waals surface area contributed by atoms with E-state index in [1.807, 2.05) is 37.5 Å². The van der Waals surface area contributed by atoms with Crippen molar-refractivity contribution >= 4 is 11.5 Å². The summed E-state index contributed by atoms with van der Waals surface area (Å²) in [6.07, 6.45) is 4.57. The molecule has 0 spiro atoms. The number of benzene rings is 1. The Hall–Kier alpha value is -2.07. The summed E-state index contributed by atoms with van der Waals surface area (Å²) in [5.41, 5.74) is 2.32. The first-order valence-corrected chi connectivity index (χ1v) is 7.32. The Morgan fingerprint density at radius 1 is 1.19 bits per heavy atom. The maximum atomic E-state index is 5.18. The molecule has 3 rings (SSSR count). The van der Waals surface area contributed by atoms with Crippen molar-refractivity contribution in [2.45, 2.75) is 25.4 Å². The van der Waals surface area contributed by atoms with Crippen LogP contribution in [0.25, 0.3) is 0 Å². The van der Waals surface area contributed by atoms with Crippen molar-refractivity contribution in [3.05, 3.63) is 48.2 Å². The van der Waals surface area contributed by atoms with Crippen molar-refractivity contribution in [2.75, 3.05) is 19.1 Å². The predicted molar refractivity (Wildman–Crippen MR) is 85.2 cm³/mol. The molecule has 0 amide bonds. The van der Waals surface area contributed by atoms with E-state index in [1.165, 1.54) is 18.4 Å². The molecule has 1 heterocycles. The molecule has 0 aliphatic heterocycles. The molecular formula is C17H21N3O. The van der Waals surface area contributed by atoms with E-state index in [1.54, 1.807) is 7.11 Å². The maximum Gasteiger partial charge on any atom is 0.132 e. The molecule has 0 saturated heterocycles. The van der Waals surface area contributed by atoms with Crippen LogP contribution in [0.5, 0.6) is 5.75 Å². The van der Waals surface area contributed by atoms with Crippen molar-refractivity contribution in [1.82, 2.24) is 10.3 Å². The smallest absolute Gasteiger partial charge is 0.132 e. The number of rotatable bonds is 6. The summed E-state index contributed by atoms with van der Waals surface area (Å²) >= 11 is 0. The Balaban J connectivity index is 1.66. The SMILES string of the molecule is COc1ccc(N(C)c2ccc(CNC3CC3)cn2)cc1. The highest BCUT2D eigenvalue weighted by Crippen LogP contribution is 2.24. The molecule has 0 bridgehead atoms. The summed E-state index contributed by atoms with van der Waals surface area (Å²) in [6.45, 7) is 0.907. The van der Waals surface area contributed by atoms with Crippen molar-refractivity contribution in [2.24, 2.45) is 0 Å². The van der Waals surface area contributed by atoms with Gasteiger partial charge in [0.2, 0.25) is 0 Å². The van der Waals surface area contributed by atoms with Crippen LogP contribution in [0.4, 0.5) is 11.5 Å². The number of nitrogens with one attached hydrogen (secondary N) is 1. The molecule has 0 radical (unpaired) electrons. The molecule has 21 heavy (non-hydrogen) atoms. The Labute approximate surface area is 125 Å². The standard InChI is InChI=1S/C17H21N3O/c1-20(15-6-8-16(21-2)9-7-15)17-10-3-13(12-19-17)11-18-14-4-5-14/h3,6-10,12,14,18H,4-5,11H2,1-2H3. The monoisotopic (exact) mass is 283 g/mol. The summed E-state index contributed by atoms with van der Waals surface area (Å²) in [7, 11) is 3.70. The lowest BCUT2D eigenvalue weighted by atomic mass is 10.2. The van der Waals surface area contributed by atoms with Gasteiger partial charge in [0.1, 0.15) is 11.6 Å². The number of pyridine rings is 1. The zero-order chi connectivity index (χ0) is 14.7.